The number of rotatable bonds is 9. The van der Waals surface area contributed by atoms with Gasteiger partial charge in [-0.15, -0.1) is 24.0 Å². The molecule has 0 fully saturated rings. The maximum Gasteiger partial charge on any atom is 0.190 e. The van der Waals surface area contributed by atoms with E-state index in [9.17, 15) is 8.42 Å². The summed E-state index contributed by atoms with van der Waals surface area (Å²) in [6.45, 7) is 5.65. The fourth-order valence-electron chi connectivity index (χ4n) is 2.24. The summed E-state index contributed by atoms with van der Waals surface area (Å²) in [6.07, 6.45) is 3.97. The van der Waals surface area contributed by atoms with Gasteiger partial charge in [0, 0.05) is 26.4 Å². The topological polar surface area (TPSA) is 70.6 Å². The molecule has 0 atom stereocenters. The Morgan fingerprint density at radius 2 is 1.80 bits per heavy atom. The second kappa shape index (κ2) is 11.7. The zero-order valence-electron chi connectivity index (χ0n) is 15.7. The van der Waals surface area contributed by atoms with Gasteiger partial charge in [-0.25, -0.2) is 8.42 Å². The number of hydrogen-bond donors (Lipinski definition) is 2. The van der Waals surface area contributed by atoms with Gasteiger partial charge in [-0.1, -0.05) is 44.2 Å². The standard InChI is InChI=1S/C18H31N3O2S.HI/c1-18(2,12-14-24(4,22)23)15-21-17(19-3)20-13-8-11-16-9-6-5-7-10-16;/h5-7,9-10H,8,11-15H2,1-4H3,(H2,19,20,21);1H. The van der Waals surface area contributed by atoms with Gasteiger partial charge in [0.15, 0.2) is 5.96 Å². The van der Waals surface area contributed by atoms with Crippen molar-refractivity contribution in [3.05, 3.63) is 35.9 Å². The zero-order chi connectivity index (χ0) is 18.1. The van der Waals surface area contributed by atoms with Gasteiger partial charge in [0.25, 0.3) is 0 Å². The highest BCUT2D eigenvalue weighted by molar-refractivity contribution is 14.0. The predicted octanol–water partition coefficient (Wildman–Crippen LogP) is 2.86. The summed E-state index contributed by atoms with van der Waals surface area (Å²) in [5, 5.41) is 6.59. The number of aryl methyl sites for hydroxylation is 1. The number of halogens is 1. The molecule has 2 N–H and O–H groups in total. The van der Waals surface area contributed by atoms with E-state index in [0.29, 0.717) is 13.0 Å². The molecule has 0 saturated heterocycles. The van der Waals surface area contributed by atoms with E-state index in [1.807, 2.05) is 6.07 Å². The SMILES string of the molecule is CN=C(NCCCc1ccccc1)NCC(C)(C)CCS(C)(=O)=O.I. The van der Waals surface area contributed by atoms with Gasteiger partial charge in [0.05, 0.1) is 5.75 Å². The minimum absolute atomic E-state index is 0. The molecule has 25 heavy (non-hydrogen) atoms. The van der Waals surface area contributed by atoms with Crippen molar-refractivity contribution in [2.24, 2.45) is 10.4 Å². The first-order valence-corrected chi connectivity index (χ1v) is 10.4. The number of guanidine groups is 1. The highest BCUT2D eigenvalue weighted by atomic mass is 127. The lowest BCUT2D eigenvalue weighted by molar-refractivity contribution is 0.348. The molecule has 0 aliphatic carbocycles. The molecule has 0 bridgehead atoms. The molecule has 0 unspecified atom stereocenters. The normalized spacial score (nSPS) is 12.4. The molecule has 1 aromatic rings. The van der Waals surface area contributed by atoms with Crippen LogP contribution in [-0.2, 0) is 16.3 Å². The predicted molar refractivity (Wildman–Crippen MR) is 118 cm³/mol. The van der Waals surface area contributed by atoms with Gasteiger partial charge in [-0.3, -0.25) is 4.99 Å². The average Bonchev–Trinajstić information content (AvgIpc) is 2.53. The number of benzene rings is 1. The van der Waals surface area contributed by atoms with Gasteiger partial charge < -0.3 is 10.6 Å². The summed E-state index contributed by atoms with van der Waals surface area (Å²) in [4.78, 5) is 4.22. The van der Waals surface area contributed by atoms with E-state index in [2.05, 4.69) is 53.7 Å². The van der Waals surface area contributed by atoms with Crippen molar-refractivity contribution in [1.82, 2.24) is 10.6 Å². The van der Waals surface area contributed by atoms with Crippen molar-refractivity contribution in [3.8, 4) is 0 Å². The summed E-state index contributed by atoms with van der Waals surface area (Å²) >= 11 is 0. The summed E-state index contributed by atoms with van der Waals surface area (Å²) in [5.41, 5.74) is 1.23. The molecule has 0 aromatic heterocycles. The van der Waals surface area contributed by atoms with Crippen LogP contribution in [0.15, 0.2) is 35.3 Å². The molecular weight excluding hydrogens is 449 g/mol. The lowest BCUT2D eigenvalue weighted by Gasteiger charge is -2.25. The van der Waals surface area contributed by atoms with Crippen molar-refractivity contribution >= 4 is 39.8 Å². The number of nitrogens with one attached hydrogen (secondary N) is 2. The first kappa shape index (κ1) is 24.2. The van der Waals surface area contributed by atoms with Crippen LogP contribution in [0.2, 0.25) is 0 Å². The van der Waals surface area contributed by atoms with E-state index in [4.69, 9.17) is 0 Å². The van der Waals surface area contributed by atoms with E-state index in [1.54, 1.807) is 7.05 Å². The largest absolute Gasteiger partial charge is 0.356 e. The number of aliphatic imine (C=N–C) groups is 1. The van der Waals surface area contributed by atoms with Crippen LogP contribution in [0.4, 0.5) is 0 Å². The molecule has 0 amide bonds. The minimum atomic E-state index is -2.92. The summed E-state index contributed by atoms with van der Waals surface area (Å²) in [7, 11) is -1.17. The van der Waals surface area contributed by atoms with Gasteiger partial charge in [0.2, 0.25) is 0 Å². The molecule has 7 heteroatoms. The zero-order valence-corrected chi connectivity index (χ0v) is 18.9. The van der Waals surface area contributed by atoms with Gasteiger partial charge in [0.1, 0.15) is 9.84 Å². The van der Waals surface area contributed by atoms with Crippen molar-refractivity contribution in [1.29, 1.82) is 0 Å². The van der Waals surface area contributed by atoms with Crippen molar-refractivity contribution < 1.29 is 8.42 Å². The summed E-state index contributed by atoms with van der Waals surface area (Å²) in [6, 6.07) is 10.4. The van der Waals surface area contributed by atoms with E-state index in [0.717, 1.165) is 25.3 Å². The Balaban J connectivity index is 0.00000576. The first-order valence-electron chi connectivity index (χ1n) is 8.38. The van der Waals surface area contributed by atoms with Crippen LogP contribution >= 0.6 is 24.0 Å². The van der Waals surface area contributed by atoms with Crippen LogP contribution < -0.4 is 10.6 Å². The Bertz CT molecular complexity index is 616. The van der Waals surface area contributed by atoms with Crippen LogP contribution in [0.3, 0.4) is 0 Å². The third kappa shape index (κ3) is 12.2. The summed E-state index contributed by atoms with van der Waals surface area (Å²) in [5.74, 6) is 0.973. The molecule has 0 spiro atoms. The molecular formula is C18H32IN3O2S. The number of sulfone groups is 1. The van der Waals surface area contributed by atoms with Gasteiger partial charge in [-0.05, 0) is 30.2 Å². The van der Waals surface area contributed by atoms with E-state index in [-0.39, 0.29) is 35.1 Å². The fraction of sp³-hybridized carbons (Fsp3) is 0.611. The molecule has 0 aliphatic rings. The molecule has 1 rings (SSSR count). The van der Waals surface area contributed by atoms with Crippen molar-refractivity contribution in [2.75, 3.05) is 32.1 Å². The van der Waals surface area contributed by atoms with Crippen LogP contribution in [-0.4, -0.2) is 46.5 Å². The highest BCUT2D eigenvalue weighted by Gasteiger charge is 2.20. The Hall–Kier alpha value is -0.830. The Morgan fingerprint density at radius 3 is 2.36 bits per heavy atom. The average molecular weight is 481 g/mol. The molecule has 5 nitrogen and oxygen atoms in total. The lowest BCUT2D eigenvalue weighted by Crippen LogP contribution is -2.42. The lowest BCUT2D eigenvalue weighted by atomic mass is 9.90. The van der Waals surface area contributed by atoms with E-state index in [1.165, 1.54) is 11.8 Å². The van der Waals surface area contributed by atoms with Crippen LogP contribution in [0.25, 0.3) is 0 Å². The number of nitrogens with zero attached hydrogens (tertiary/aromatic N) is 1. The Kier molecular flexibility index (Phi) is 11.3. The van der Waals surface area contributed by atoms with Gasteiger partial charge in [-0.2, -0.15) is 0 Å². The molecule has 1 aromatic carbocycles. The maximum atomic E-state index is 11.3. The second-order valence-corrected chi connectivity index (χ2v) is 9.25. The molecule has 0 radical (unpaired) electrons. The van der Waals surface area contributed by atoms with Crippen LogP contribution in [0, 0.1) is 5.41 Å². The summed E-state index contributed by atoms with van der Waals surface area (Å²) < 4.78 is 22.6. The van der Waals surface area contributed by atoms with Crippen LogP contribution in [0.1, 0.15) is 32.3 Å². The highest BCUT2D eigenvalue weighted by Crippen LogP contribution is 2.19. The number of hydrogen-bond acceptors (Lipinski definition) is 3. The van der Waals surface area contributed by atoms with Crippen molar-refractivity contribution in [3.63, 3.8) is 0 Å². The monoisotopic (exact) mass is 481 g/mol. The molecule has 144 valence electrons. The molecule has 0 aliphatic heterocycles. The maximum absolute atomic E-state index is 11.3. The van der Waals surface area contributed by atoms with Crippen LogP contribution in [0.5, 0.6) is 0 Å². The minimum Gasteiger partial charge on any atom is -0.356 e. The molecule has 0 saturated carbocycles. The Labute approximate surface area is 170 Å². The molecule has 0 heterocycles. The van der Waals surface area contributed by atoms with Gasteiger partial charge >= 0.3 is 0 Å². The first-order chi connectivity index (χ1) is 11.2. The quantitative estimate of drug-likeness (QED) is 0.246. The smallest absolute Gasteiger partial charge is 0.190 e. The van der Waals surface area contributed by atoms with E-state index < -0.39 is 9.84 Å². The fourth-order valence-corrected chi connectivity index (χ4v) is 3.16. The third-order valence-electron chi connectivity index (χ3n) is 3.89. The second-order valence-electron chi connectivity index (χ2n) is 6.99. The third-order valence-corrected chi connectivity index (χ3v) is 4.83. The van der Waals surface area contributed by atoms with Crippen molar-refractivity contribution in [2.45, 2.75) is 33.1 Å². The Morgan fingerprint density at radius 1 is 1.16 bits per heavy atom. The van der Waals surface area contributed by atoms with E-state index >= 15 is 0 Å².